The predicted molar refractivity (Wildman–Crippen MR) is 133 cm³/mol. The fourth-order valence-electron chi connectivity index (χ4n) is 3.54. The number of aromatic nitrogens is 1. The van der Waals surface area contributed by atoms with Crippen molar-refractivity contribution in [3.8, 4) is 0 Å². The number of amides is 1. The topological polar surface area (TPSA) is 70.6 Å². The lowest BCUT2D eigenvalue weighted by Crippen LogP contribution is -2.39. The molecule has 6 nitrogen and oxygen atoms in total. The number of aryl methyl sites for hydroxylation is 1. The molecule has 0 atom stereocenters. The molecule has 0 N–H and O–H groups in total. The highest BCUT2D eigenvalue weighted by atomic mass is 35.5. The number of sulfone groups is 1. The molecule has 0 fully saturated rings. The Kier molecular flexibility index (Phi) is 7.92. The van der Waals surface area contributed by atoms with Gasteiger partial charge in [0.1, 0.15) is 0 Å². The van der Waals surface area contributed by atoms with Crippen LogP contribution in [0.2, 0.25) is 5.02 Å². The third kappa shape index (κ3) is 5.14. The van der Waals surface area contributed by atoms with E-state index in [0.717, 1.165) is 28.9 Å². The molecule has 3 aromatic rings. The van der Waals surface area contributed by atoms with Crippen LogP contribution in [0.3, 0.4) is 0 Å². The average molecular weight is 494 g/mol. The number of fused-ring (bicyclic) bond motifs is 1. The second-order valence-electron chi connectivity index (χ2n) is 7.45. The molecule has 0 bridgehead atoms. The second kappa shape index (κ2) is 10.3. The van der Waals surface area contributed by atoms with Gasteiger partial charge < -0.3 is 4.90 Å². The van der Waals surface area contributed by atoms with E-state index in [1.165, 1.54) is 17.4 Å². The van der Waals surface area contributed by atoms with Crippen LogP contribution in [-0.2, 0) is 9.84 Å². The van der Waals surface area contributed by atoms with Crippen LogP contribution >= 0.6 is 22.9 Å². The number of likely N-dealkylation sites (N-methyl/N-ethyl adjacent to an activating group) is 1. The first-order valence-corrected chi connectivity index (χ1v) is 13.5. The van der Waals surface area contributed by atoms with Crippen molar-refractivity contribution in [2.24, 2.45) is 0 Å². The molecule has 0 saturated carbocycles. The number of thiazole rings is 1. The van der Waals surface area contributed by atoms with Gasteiger partial charge in [0.15, 0.2) is 15.0 Å². The summed E-state index contributed by atoms with van der Waals surface area (Å²) in [5.74, 6) is -0.442. The minimum atomic E-state index is -3.56. The monoisotopic (exact) mass is 493 g/mol. The normalized spacial score (nSPS) is 11.9. The molecule has 0 aliphatic heterocycles. The van der Waals surface area contributed by atoms with Gasteiger partial charge in [-0.1, -0.05) is 55.8 Å². The van der Waals surface area contributed by atoms with Crippen LogP contribution in [0, 0.1) is 6.92 Å². The molecule has 32 heavy (non-hydrogen) atoms. The Labute approximate surface area is 198 Å². The predicted octanol–water partition coefficient (Wildman–Crippen LogP) is 5.04. The first-order valence-electron chi connectivity index (χ1n) is 10.6. The van der Waals surface area contributed by atoms with Gasteiger partial charge in [0.25, 0.3) is 5.91 Å². The zero-order valence-corrected chi connectivity index (χ0v) is 21.1. The average Bonchev–Trinajstić information content (AvgIpc) is 3.20. The molecular weight excluding hydrogens is 466 g/mol. The van der Waals surface area contributed by atoms with Gasteiger partial charge >= 0.3 is 0 Å². The van der Waals surface area contributed by atoms with E-state index >= 15 is 0 Å². The minimum absolute atomic E-state index is 0.0562. The summed E-state index contributed by atoms with van der Waals surface area (Å²) in [6.07, 6.45) is 0. The Morgan fingerprint density at radius 2 is 1.78 bits per heavy atom. The standard InChI is InChI=1S/C23H28ClN3O3S2/c1-5-26(6-2)12-13-27(23-25-21-16(4)14-17(24)15-19(21)31-23)22(28)18-10-8-9-11-20(18)32(29,30)7-3/h8-11,14-15H,5-7,12-13H2,1-4H3. The molecule has 9 heteroatoms. The fourth-order valence-corrected chi connectivity index (χ4v) is 6.07. The smallest absolute Gasteiger partial charge is 0.261 e. The van der Waals surface area contributed by atoms with Crippen molar-refractivity contribution in [2.45, 2.75) is 32.6 Å². The number of hydrogen-bond acceptors (Lipinski definition) is 6. The van der Waals surface area contributed by atoms with Gasteiger partial charge in [-0.05, 0) is 49.8 Å². The van der Waals surface area contributed by atoms with E-state index in [0.29, 0.717) is 23.2 Å². The van der Waals surface area contributed by atoms with Gasteiger partial charge in [0, 0.05) is 18.1 Å². The Morgan fingerprint density at radius 1 is 1.09 bits per heavy atom. The van der Waals surface area contributed by atoms with Gasteiger partial charge in [0.2, 0.25) is 0 Å². The zero-order valence-electron chi connectivity index (χ0n) is 18.8. The number of rotatable bonds is 9. The van der Waals surface area contributed by atoms with Crippen LogP contribution in [0.25, 0.3) is 10.2 Å². The lowest BCUT2D eigenvalue weighted by atomic mass is 10.2. The van der Waals surface area contributed by atoms with Crippen LogP contribution in [0.4, 0.5) is 5.13 Å². The first-order chi connectivity index (χ1) is 15.2. The van der Waals surface area contributed by atoms with Gasteiger partial charge in [-0.2, -0.15) is 0 Å². The van der Waals surface area contributed by atoms with Crippen molar-refractivity contribution in [1.29, 1.82) is 0 Å². The van der Waals surface area contributed by atoms with E-state index in [2.05, 4.69) is 18.7 Å². The Balaban J connectivity index is 2.10. The van der Waals surface area contributed by atoms with E-state index < -0.39 is 9.84 Å². The molecule has 0 unspecified atom stereocenters. The third-order valence-electron chi connectivity index (χ3n) is 5.48. The van der Waals surface area contributed by atoms with Crippen LogP contribution < -0.4 is 4.90 Å². The molecule has 3 rings (SSSR count). The first kappa shape index (κ1) is 24.6. The highest BCUT2D eigenvalue weighted by Crippen LogP contribution is 2.34. The second-order valence-corrected chi connectivity index (χ2v) is 11.1. The quantitative estimate of drug-likeness (QED) is 0.417. The van der Waals surface area contributed by atoms with Crippen molar-refractivity contribution >= 4 is 54.0 Å². The molecule has 1 amide bonds. The Morgan fingerprint density at radius 3 is 2.44 bits per heavy atom. The zero-order chi connectivity index (χ0) is 23.5. The number of carbonyl (C=O) groups is 1. The number of carbonyl (C=O) groups excluding carboxylic acids is 1. The number of anilines is 1. The number of benzene rings is 2. The summed E-state index contributed by atoms with van der Waals surface area (Å²) >= 11 is 7.61. The van der Waals surface area contributed by atoms with Crippen molar-refractivity contribution in [3.63, 3.8) is 0 Å². The maximum Gasteiger partial charge on any atom is 0.261 e. The number of hydrogen-bond donors (Lipinski definition) is 0. The lowest BCUT2D eigenvalue weighted by molar-refractivity contribution is 0.0980. The fraction of sp³-hybridized carbons (Fsp3) is 0.391. The molecule has 1 aromatic heterocycles. The highest BCUT2D eigenvalue weighted by molar-refractivity contribution is 7.91. The van der Waals surface area contributed by atoms with E-state index in [1.54, 1.807) is 30.0 Å². The van der Waals surface area contributed by atoms with Crippen molar-refractivity contribution in [2.75, 3.05) is 36.8 Å². The van der Waals surface area contributed by atoms with E-state index in [-0.39, 0.29) is 22.1 Å². The van der Waals surface area contributed by atoms with E-state index in [1.807, 2.05) is 19.1 Å². The molecule has 0 radical (unpaired) electrons. The summed E-state index contributed by atoms with van der Waals surface area (Å²) in [6.45, 7) is 10.4. The largest absolute Gasteiger partial charge is 0.302 e. The van der Waals surface area contributed by atoms with Gasteiger partial charge in [-0.25, -0.2) is 13.4 Å². The Bertz CT molecular complexity index is 1220. The minimum Gasteiger partial charge on any atom is -0.302 e. The number of nitrogens with zero attached hydrogens (tertiary/aromatic N) is 3. The SMILES string of the molecule is CCN(CC)CCN(C(=O)c1ccccc1S(=O)(=O)CC)c1nc2c(C)cc(Cl)cc2s1. The van der Waals surface area contributed by atoms with Crippen LogP contribution in [-0.4, -0.2) is 56.1 Å². The Hall–Kier alpha value is -2.00. The van der Waals surface area contributed by atoms with E-state index in [9.17, 15) is 13.2 Å². The summed E-state index contributed by atoms with van der Waals surface area (Å²) in [5.41, 5.74) is 1.90. The molecule has 0 aliphatic carbocycles. The molecular formula is C23H28ClN3O3S2. The maximum absolute atomic E-state index is 13.7. The van der Waals surface area contributed by atoms with Crippen molar-refractivity contribution in [3.05, 3.63) is 52.5 Å². The van der Waals surface area contributed by atoms with Gasteiger partial charge in [-0.15, -0.1) is 0 Å². The van der Waals surface area contributed by atoms with Crippen LogP contribution in [0.1, 0.15) is 36.7 Å². The lowest BCUT2D eigenvalue weighted by Gasteiger charge is -2.25. The number of halogens is 1. The summed E-state index contributed by atoms with van der Waals surface area (Å²) in [6, 6.07) is 10.1. The molecule has 1 heterocycles. The molecule has 0 spiro atoms. The highest BCUT2D eigenvalue weighted by Gasteiger charge is 2.27. The van der Waals surface area contributed by atoms with Crippen molar-refractivity contribution < 1.29 is 13.2 Å². The van der Waals surface area contributed by atoms with Gasteiger partial charge in [-0.3, -0.25) is 9.69 Å². The summed E-state index contributed by atoms with van der Waals surface area (Å²) in [4.78, 5) is 22.3. The summed E-state index contributed by atoms with van der Waals surface area (Å²) in [5, 5.41) is 1.15. The third-order valence-corrected chi connectivity index (χ3v) is 8.51. The van der Waals surface area contributed by atoms with Gasteiger partial charge in [0.05, 0.1) is 26.4 Å². The molecule has 2 aromatic carbocycles. The summed E-state index contributed by atoms with van der Waals surface area (Å²) in [7, 11) is -3.56. The van der Waals surface area contributed by atoms with Crippen LogP contribution in [0.15, 0.2) is 41.3 Å². The molecule has 0 saturated heterocycles. The van der Waals surface area contributed by atoms with E-state index in [4.69, 9.17) is 16.6 Å². The maximum atomic E-state index is 13.7. The molecule has 172 valence electrons. The van der Waals surface area contributed by atoms with Crippen molar-refractivity contribution in [1.82, 2.24) is 9.88 Å². The molecule has 0 aliphatic rings. The summed E-state index contributed by atoms with van der Waals surface area (Å²) < 4.78 is 26.2. The van der Waals surface area contributed by atoms with Crippen LogP contribution in [0.5, 0.6) is 0 Å².